The molecule has 1 amide bonds. The fourth-order valence-electron chi connectivity index (χ4n) is 2.13. The maximum absolute atomic E-state index is 12.2. The summed E-state index contributed by atoms with van der Waals surface area (Å²) in [5.74, 6) is 0.642. The van der Waals surface area contributed by atoms with Crippen LogP contribution in [0.1, 0.15) is 22.0 Å². The van der Waals surface area contributed by atoms with E-state index in [-0.39, 0.29) is 17.1 Å². The summed E-state index contributed by atoms with van der Waals surface area (Å²) >= 11 is 11.9. The number of amides is 1. The molecule has 24 heavy (non-hydrogen) atoms. The van der Waals surface area contributed by atoms with E-state index >= 15 is 0 Å². The van der Waals surface area contributed by atoms with E-state index in [4.69, 9.17) is 32.7 Å². The second kappa shape index (κ2) is 8.24. The van der Waals surface area contributed by atoms with E-state index in [0.717, 1.165) is 0 Å². The van der Waals surface area contributed by atoms with Gasteiger partial charge in [-0.15, -0.1) is 0 Å². The molecule has 2 aromatic carbocycles. The largest absolute Gasteiger partial charge is 0.493 e. The Bertz CT molecular complexity index is 737. The summed E-state index contributed by atoms with van der Waals surface area (Å²) in [4.78, 5) is 12.2. The Morgan fingerprint density at radius 1 is 1.12 bits per heavy atom. The van der Waals surface area contributed by atoms with Gasteiger partial charge in [0.1, 0.15) is 0 Å². The topological polar surface area (TPSA) is 67.8 Å². The zero-order chi connectivity index (χ0) is 17.7. The molecule has 0 spiro atoms. The van der Waals surface area contributed by atoms with Crippen molar-refractivity contribution in [1.82, 2.24) is 5.32 Å². The van der Waals surface area contributed by atoms with Crippen LogP contribution in [0.5, 0.6) is 11.5 Å². The van der Waals surface area contributed by atoms with Gasteiger partial charge in [-0.25, -0.2) is 0 Å². The van der Waals surface area contributed by atoms with E-state index in [9.17, 15) is 9.90 Å². The van der Waals surface area contributed by atoms with Crippen molar-refractivity contribution in [1.29, 1.82) is 0 Å². The Hall–Kier alpha value is -1.95. The summed E-state index contributed by atoms with van der Waals surface area (Å²) in [5, 5.41) is 13.6. The molecule has 0 bridgehead atoms. The molecule has 1 unspecified atom stereocenters. The van der Waals surface area contributed by atoms with Gasteiger partial charge in [-0.3, -0.25) is 4.79 Å². The molecule has 128 valence electrons. The van der Waals surface area contributed by atoms with E-state index < -0.39 is 12.0 Å². The number of hydrogen-bond acceptors (Lipinski definition) is 4. The highest BCUT2D eigenvalue weighted by Gasteiger charge is 2.15. The normalized spacial score (nSPS) is 11.7. The molecule has 0 radical (unpaired) electrons. The van der Waals surface area contributed by atoms with E-state index in [1.54, 1.807) is 30.3 Å². The highest BCUT2D eigenvalue weighted by atomic mass is 35.5. The highest BCUT2D eigenvalue weighted by Crippen LogP contribution is 2.30. The van der Waals surface area contributed by atoms with Gasteiger partial charge < -0.3 is 19.9 Å². The van der Waals surface area contributed by atoms with Gasteiger partial charge in [0.25, 0.3) is 5.91 Å². The van der Waals surface area contributed by atoms with Crippen molar-refractivity contribution >= 4 is 29.1 Å². The van der Waals surface area contributed by atoms with Crippen LogP contribution in [-0.4, -0.2) is 31.8 Å². The lowest BCUT2D eigenvalue weighted by Gasteiger charge is -2.15. The molecule has 0 heterocycles. The fraction of sp³-hybridized carbons (Fsp3) is 0.235. The van der Waals surface area contributed by atoms with E-state index in [1.165, 1.54) is 20.3 Å². The summed E-state index contributed by atoms with van der Waals surface area (Å²) in [6, 6.07) is 9.66. The first-order valence-electron chi connectivity index (χ1n) is 7.09. The Kier molecular flexibility index (Phi) is 6.31. The SMILES string of the molecule is COc1ccc(C(O)CNC(=O)c2cc(Cl)ccc2Cl)cc1OC. The number of halogens is 2. The maximum Gasteiger partial charge on any atom is 0.252 e. The first-order chi connectivity index (χ1) is 11.5. The van der Waals surface area contributed by atoms with Gasteiger partial charge in [-0.05, 0) is 35.9 Å². The van der Waals surface area contributed by atoms with Gasteiger partial charge in [0, 0.05) is 11.6 Å². The minimum Gasteiger partial charge on any atom is -0.493 e. The number of rotatable bonds is 6. The predicted octanol–water partition coefficient (Wildman–Crippen LogP) is 3.47. The third-order valence-corrected chi connectivity index (χ3v) is 3.99. The van der Waals surface area contributed by atoms with Crippen LogP contribution in [0, 0.1) is 0 Å². The zero-order valence-electron chi connectivity index (χ0n) is 13.2. The molecule has 0 saturated heterocycles. The second-order valence-electron chi connectivity index (χ2n) is 4.96. The monoisotopic (exact) mass is 369 g/mol. The van der Waals surface area contributed by atoms with Crippen LogP contribution in [-0.2, 0) is 0 Å². The molecule has 0 aliphatic carbocycles. The standard InChI is InChI=1S/C17H17Cl2NO4/c1-23-15-6-3-10(7-16(15)24-2)14(21)9-20-17(22)12-8-11(18)4-5-13(12)19/h3-8,14,21H,9H2,1-2H3,(H,20,22). The molecule has 2 aromatic rings. The number of carbonyl (C=O) groups excluding carboxylic acids is 1. The molecular formula is C17H17Cl2NO4. The molecule has 0 aliphatic heterocycles. The highest BCUT2D eigenvalue weighted by molar-refractivity contribution is 6.35. The van der Waals surface area contributed by atoms with Gasteiger partial charge in [0.05, 0.1) is 30.9 Å². The molecule has 2 rings (SSSR count). The van der Waals surface area contributed by atoms with Gasteiger partial charge in [-0.2, -0.15) is 0 Å². The Labute approximate surface area is 150 Å². The summed E-state index contributed by atoms with van der Waals surface area (Å²) < 4.78 is 10.3. The number of hydrogen-bond donors (Lipinski definition) is 2. The number of methoxy groups -OCH3 is 2. The molecule has 0 aliphatic rings. The number of aliphatic hydroxyl groups excluding tert-OH is 1. The maximum atomic E-state index is 12.2. The molecular weight excluding hydrogens is 353 g/mol. The summed E-state index contributed by atoms with van der Waals surface area (Å²) in [6.45, 7) is 0.0111. The third kappa shape index (κ3) is 4.32. The number of carbonyl (C=O) groups is 1. The Morgan fingerprint density at radius 3 is 2.50 bits per heavy atom. The van der Waals surface area contributed by atoms with Crippen molar-refractivity contribution in [3.63, 3.8) is 0 Å². The number of benzene rings is 2. The summed E-state index contributed by atoms with van der Waals surface area (Å²) in [6.07, 6.45) is -0.910. The Morgan fingerprint density at radius 2 is 1.83 bits per heavy atom. The van der Waals surface area contributed by atoms with Gasteiger partial charge in [0.2, 0.25) is 0 Å². The first kappa shape index (κ1) is 18.4. The van der Waals surface area contributed by atoms with Crippen molar-refractivity contribution in [2.75, 3.05) is 20.8 Å². The second-order valence-corrected chi connectivity index (χ2v) is 5.81. The van der Waals surface area contributed by atoms with Crippen LogP contribution >= 0.6 is 23.2 Å². The van der Waals surface area contributed by atoms with Crippen molar-refractivity contribution in [2.24, 2.45) is 0 Å². The zero-order valence-corrected chi connectivity index (χ0v) is 14.7. The van der Waals surface area contributed by atoms with Crippen molar-refractivity contribution < 1.29 is 19.4 Å². The first-order valence-corrected chi connectivity index (χ1v) is 7.85. The van der Waals surface area contributed by atoms with Crippen LogP contribution in [0.25, 0.3) is 0 Å². The minimum absolute atomic E-state index is 0.0111. The number of ether oxygens (including phenoxy) is 2. The average Bonchev–Trinajstić information content (AvgIpc) is 2.60. The molecule has 0 fully saturated rings. The summed E-state index contributed by atoms with van der Waals surface area (Å²) in [5.41, 5.74) is 0.841. The van der Waals surface area contributed by atoms with Crippen LogP contribution in [0.3, 0.4) is 0 Å². The molecule has 0 aromatic heterocycles. The van der Waals surface area contributed by atoms with Crippen LogP contribution in [0.2, 0.25) is 10.0 Å². The van der Waals surface area contributed by atoms with E-state index in [2.05, 4.69) is 5.32 Å². The van der Waals surface area contributed by atoms with Crippen molar-refractivity contribution in [3.8, 4) is 11.5 Å². The number of nitrogens with one attached hydrogen (secondary N) is 1. The predicted molar refractivity (Wildman–Crippen MR) is 93.3 cm³/mol. The molecule has 0 saturated carbocycles. The van der Waals surface area contributed by atoms with Gasteiger partial charge in [-0.1, -0.05) is 29.3 Å². The summed E-state index contributed by atoms with van der Waals surface area (Å²) in [7, 11) is 3.04. The van der Waals surface area contributed by atoms with Crippen molar-refractivity contribution in [2.45, 2.75) is 6.10 Å². The molecule has 7 heteroatoms. The Balaban J connectivity index is 2.06. The van der Waals surface area contributed by atoms with Crippen molar-refractivity contribution in [3.05, 3.63) is 57.6 Å². The smallest absolute Gasteiger partial charge is 0.252 e. The van der Waals surface area contributed by atoms with Gasteiger partial charge >= 0.3 is 0 Å². The average molecular weight is 370 g/mol. The van der Waals surface area contributed by atoms with E-state index in [0.29, 0.717) is 22.1 Å². The van der Waals surface area contributed by atoms with Crippen LogP contribution < -0.4 is 14.8 Å². The molecule has 2 N–H and O–H groups in total. The minimum atomic E-state index is -0.910. The van der Waals surface area contributed by atoms with E-state index in [1.807, 2.05) is 0 Å². The molecule has 5 nitrogen and oxygen atoms in total. The third-order valence-electron chi connectivity index (χ3n) is 3.42. The van der Waals surface area contributed by atoms with Crippen LogP contribution in [0.4, 0.5) is 0 Å². The lowest BCUT2D eigenvalue weighted by atomic mass is 10.1. The molecule has 1 atom stereocenters. The van der Waals surface area contributed by atoms with Gasteiger partial charge in [0.15, 0.2) is 11.5 Å². The quantitative estimate of drug-likeness (QED) is 0.817. The number of aliphatic hydroxyl groups is 1. The fourth-order valence-corrected chi connectivity index (χ4v) is 2.51. The van der Waals surface area contributed by atoms with Crippen LogP contribution in [0.15, 0.2) is 36.4 Å². The lowest BCUT2D eigenvalue weighted by Crippen LogP contribution is -2.28. The lowest BCUT2D eigenvalue weighted by molar-refractivity contribution is 0.0916.